The molecule has 0 unspecified atom stereocenters. The number of carbonyl (C=O) groups excluding carboxylic acids is 2. The molecule has 0 aromatic heterocycles. The fourth-order valence-electron chi connectivity index (χ4n) is 2.46. The van der Waals surface area contributed by atoms with Crippen LogP contribution in [0.5, 0.6) is 0 Å². The minimum Gasteiger partial charge on any atom is -0.463 e. The summed E-state index contributed by atoms with van der Waals surface area (Å²) < 4.78 is 10.6. The lowest BCUT2D eigenvalue weighted by atomic mass is 9.99. The summed E-state index contributed by atoms with van der Waals surface area (Å²) in [5.41, 5.74) is 0.920. The number of nitrogens with one attached hydrogen (secondary N) is 1. The van der Waals surface area contributed by atoms with Gasteiger partial charge in [-0.2, -0.15) is 0 Å². The van der Waals surface area contributed by atoms with Crippen LogP contribution in [-0.2, 0) is 25.7 Å². The highest BCUT2D eigenvalue weighted by Gasteiger charge is 2.23. The zero-order valence-corrected chi connectivity index (χ0v) is 14.9. The maximum atomic E-state index is 12.1. The van der Waals surface area contributed by atoms with Crippen molar-refractivity contribution in [3.05, 3.63) is 35.9 Å². The van der Waals surface area contributed by atoms with Crippen LogP contribution in [0.25, 0.3) is 0 Å². The molecule has 5 heteroatoms. The van der Waals surface area contributed by atoms with E-state index < -0.39 is 12.0 Å². The van der Waals surface area contributed by atoms with E-state index >= 15 is 0 Å². The molecule has 134 valence electrons. The quantitative estimate of drug-likeness (QED) is 0.630. The number of hydrogen-bond donors (Lipinski definition) is 1. The Bertz CT molecular complexity index is 483. The molecule has 1 aromatic rings. The van der Waals surface area contributed by atoms with Crippen LogP contribution in [0.3, 0.4) is 0 Å². The van der Waals surface area contributed by atoms with Gasteiger partial charge in [-0.1, -0.05) is 57.0 Å². The normalized spacial score (nSPS) is 12.0. The van der Waals surface area contributed by atoms with Gasteiger partial charge in [0.25, 0.3) is 0 Å². The van der Waals surface area contributed by atoms with Crippen molar-refractivity contribution in [2.75, 3.05) is 13.7 Å². The Kier molecular flexibility index (Phi) is 9.77. The summed E-state index contributed by atoms with van der Waals surface area (Å²) in [4.78, 5) is 24.2. The lowest BCUT2D eigenvalue weighted by molar-refractivity contribution is -0.155. The summed E-state index contributed by atoms with van der Waals surface area (Å²) in [5, 5.41) is 2.84. The lowest BCUT2D eigenvalue weighted by Gasteiger charge is -2.18. The van der Waals surface area contributed by atoms with Crippen molar-refractivity contribution in [3.8, 4) is 0 Å². The zero-order chi connectivity index (χ0) is 17.8. The summed E-state index contributed by atoms with van der Waals surface area (Å²) in [5.74, 6) is -0.732. The summed E-state index contributed by atoms with van der Waals surface area (Å²) in [6.07, 6.45) is 3.51. The van der Waals surface area contributed by atoms with Crippen molar-refractivity contribution >= 4 is 11.9 Å². The highest BCUT2D eigenvalue weighted by Crippen LogP contribution is 2.15. The topological polar surface area (TPSA) is 64.6 Å². The molecule has 0 radical (unpaired) electrons. The first-order chi connectivity index (χ1) is 11.6. The fourth-order valence-corrected chi connectivity index (χ4v) is 2.46. The van der Waals surface area contributed by atoms with Crippen LogP contribution in [0.4, 0.5) is 0 Å². The number of esters is 2. The van der Waals surface area contributed by atoms with E-state index in [0.717, 1.165) is 31.2 Å². The van der Waals surface area contributed by atoms with Gasteiger partial charge >= 0.3 is 11.9 Å². The Labute approximate surface area is 144 Å². The second-order valence-electron chi connectivity index (χ2n) is 5.84. The summed E-state index contributed by atoms with van der Waals surface area (Å²) in [7, 11) is 1.65. The Morgan fingerprint density at radius 1 is 1.00 bits per heavy atom. The molecule has 0 aliphatic carbocycles. The minimum absolute atomic E-state index is 0.00706. The highest BCUT2D eigenvalue weighted by molar-refractivity contribution is 5.77. The number of rotatable bonds is 11. The molecule has 0 aliphatic heterocycles. The maximum Gasteiger partial charge on any atom is 0.327 e. The van der Waals surface area contributed by atoms with Gasteiger partial charge in [0.2, 0.25) is 0 Å². The number of likely N-dealkylation sites (N-methyl/N-ethyl adjacent to an activating group) is 1. The molecule has 0 amide bonds. The maximum absolute atomic E-state index is 12.1. The molecular weight excluding hydrogens is 306 g/mol. The van der Waals surface area contributed by atoms with Gasteiger partial charge in [-0.25, -0.2) is 0 Å². The Morgan fingerprint density at radius 2 is 1.62 bits per heavy atom. The molecule has 0 saturated heterocycles. The van der Waals surface area contributed by atoms with Gasteiger partial charge in [-0.3, -0.25) is 9.59 Å². The molecule has 0 bridgehead atoms. The van der Waals surface area contributed by atoms with Crippen LogP contribution in [-0.4, -0.2) is 31.6 Å². The van der Waals surface area contributed by atoms with Gasteiger partial charge in [0, 0.05) is 0 Å². The van der Waals surface area contributed by atoms with Crippen LogP contribution in [0.1, 0.15) is 45.1 Å². The van der Waals surface area contributed by atoms with Crippen LogP contribution >= 0.6 is 0 Å². The van der Waals surface area contributed by atoms with Gasteiger partial charge in [-0.05, 0) is 25.5 Å². The molecule has 1 atom stereocenters. The minimum atomic E-state index is -0.651. The van der Waals surface area contributed by atoms with Gasteiger partial charge < -0.3 is 14.8 Å². The van der Waals surface area contributed by atoms with E-state index in [2.05, 4.69) is 5.32 Å². The third kappa shape index (κ3) is 7.13. The summed E-state index contributed by atoms with van der Waals surface area (Å²) >= 11 is 0. The van der Waals surface area contributed by atoms with Gasteiger partial charge in [0.05, 0.1) is 5.92 Å². The highest BCUT2D eigenvalue weighted by atomic mass is 16.6. The van der Waals surface area contributed by atoms with Crippen LogP contribution in [0.2, 0.25) is 0 Å². The third-order valence-corrected chi connectivity index (χ3v) is 3.86. The second-order valence-corrected chi connectivity index (χ2v) is 5.84. The molecule has 0 saturated carbocycles. The predicted octanol–water partition coefficient (Wildman–Crippen LogP) is 3.08. The van der Waals surface area contributed by atoms with E-state index in [1.54, 1.807) is 7.05 Å². The molecule has 0 fully saturated rings. The van der Waals surface area contributed by atoms with Crippen molar-refractivity contribution in [1.29, 1.82) is 0 Å². The van der Waals surface area contributed by atoms with Crippen LogP contribution in [0, 0.1) is 5.92 Å². The average Bonchev–Trinajstić information content (AvgIpc) is 2.61. The molecule has 24 heavy (non-hydrogen) atoms. The van der Waals surface area contributed by atoms with Crippen molar-refractivity contribution in [2.24, 2.45) is 5.92 Å². The van der Waals surface area contributed by atoms with E-state index in [0.29, 0.717) is 0 Å². The van der Waals surface area contributed by atoms with Gasteiger partial charge in [0.1, 0.15) is 19.3 Å². The van der Waals surface area contributed by atoms with E-state index in [9.17, 15) is 9.59 Å². The Balaban J connectivity index is 2.44. The zero-order valence-electron chi connectivity index (χ0n) is 14.9. The first kappa shape index (κ1) is 20.2. The smallest absolute Gasteiger partial charge is 0.327 e. The molecule has 1 aromatic carbocycles. The van der Waals surface area contributed by atoms with Gasteiger partial charge in [0.15, 0.2) is 0 Å². The largest absolute Gasteiger partial charge is 0.463 e. The third-order valence-electron chi connectivity index (χ3n) is 3.86. The average molecular weight is 335 g/mol. The van der Waals surface area contributed by atoms with E-state index in [1.807, 2.05) is 44.2 Å². The SMILES string of the molecule is CCCC(CCC)C(=O)OC[C@H](NC)C(=O)OCc1ccccc1. The first-order valence-electron chi connectivity index (χ1n) is 8.66. The standard InChI is InChI=1S/C19H29NO4/c1-4-9-16(10-5-2)18(21)24-14-17(20-3)19(22)23-13-15-11-7-6-8-12-15/h6-8,11-12,16-17,20H,4-5,9-10,13-14H2,1-3H3/t17-/m0/s1. The first-order valence-corrected chi connectivity index (χ1v) is 8.66. The van der Waals surface area contributed by atoms with E-state index in [4.69, 9.17) is 9.47 Å². The number of hydrogen-bond acceptors (Lipinski definition) is 5. The Hall–Kier alpha value is -1.88. The van der Waals surface area contributed by atoms with Crippen LogP contribution in [0.15, 0.2) is 30.3 Å². The van der Waals surface area contributed by atoms with Gasteiger partial charge in [-0.15, -0.1) is 0 Å². The van der Waals surface area contributed by atoms with Crippen molar-refractivity contribution in [2.45, 2.75) is 52.2 Å². The van der Waals surface area contributed by atoms with Crippen molar-refractivity contribution in [1.82, 2.24) is 5.32 Å². The molecule has 0 heterocycles. The van der Waals surface area contributed by atoms with Crippen molar-refractivity contribution in [3.63, 3.8) is 0 Å². The van der Waals surface area contributed by atoms with Crippen LogP contribution < -0.4 is 5.32 Å². The van der Waals surface area contributed by atoms with E-state index in [1.165, 1.54) is 0 Å². The molecular formula is C19H29NO4. The molecule has 1 rings (SSSR count). The number of carbonyl (C=O) groups is 2. The number of ether oxygens (including phenoxy) is 2. The number of benzene rings is 1. The molecule has 0 spiro atoms. The molecule has 1 N–H and O–H groups in total. The monoisotopic (exact) mass is 335 g/mol. The molecule has 5 nitrogen and oxygen atoms in total. The summed E-state index contributed by atoms with van der Waals surface area (Å²) in [6.45, 7) is 4.30. The Morgan fingerprint density at radius 3 is 2.17 bits per heavy atom. The second kappa shape index (κ2) is 11.6. The predicted molar refractivity (Wildman–Crippen MR) is 93.4 cm³/mol. The molecule has 0 aliphatic rings. The fraction of sp³-hybridized carbons (Fsp3) is 0.579. The van der Waals surface area contributed by atoms with Crippen molar-refractivity contribution < 1.29 is 19.1 Å². The summed E-state index contributed by atoms with van der Waals surface area (Å²) in [6, 6.07) is 8.82. The van der Waals surface area contributed by atoms with E-state index in [-0.39, 0.29) is 25.1 Å². The lowest BCUT2D eigenvalue weighted by Crippen LogP contribution is -2.40.